The van der Waals surface area contributed by atoms with Gasteiger partial charge in [-0.3, -0.25) is 9.88 Å². The van der Waals surface area contributed by atoms with Gasteiger partial charge >= 0.3 is 6.09 Å². The minimum absolute atomic E-state index is 0.0674. The van der Waals surface area contributed by atoms with Crippen LogP contribution in [0, 0.1) is 5.82 Å². The van der Waals surface area contributed by atoms with Crippen molar-refractivity contribution in [3.8, 4) is 10.7 Å². The van der Waals surface area contributed by atoms with E-state index in [2.05, 4.69) is 20.2 Å². The molecule has 0 aliphatic heterocycles. The molecule has 0 aromatic carbocycles. The van der Waals surface area contributed by atoms with Crippen LogP contribution in [-0.2, 0) is 11.3 Å². The maximum atomic E-state index is 14.4. The highest BCUT2D eigenvalue weighted by atomic mass is 35.5. The number of anilines is 1. The summed E-state index contributed by atoms with van der Waals surface area (Å²) in [7, 11) is 0. The van der Waals surface area contributed by atoms with E-state index in [0.717, 1.165) is 16.2 Å². The summed E-state index contributed by atoms with van der Waals surface area (Å²) in [6, 6.07) is 6.13. The van der Waals surface area contributed by atoms with Gasteiger partial charge in [-0.15, -0.1) is 33.1 Å². The SMILES string of the molecule is O=C(O)N(CC1(c2ncccc2F)CCC1)c1ccc(-c2ncc(CCl)s2)nn1. The van der Waals surface area contributed by atoms with E-state index in [1.807, 2.05) is 0 Å². The van der Waals surface area contributed by atoms with Crippen molar-refractivity contribution in [1.29, 1.82) is 0 Å². The van der Waals surface area contributed by atoms with Gasteiger partial charge in [0, 0.05) is 29.2 Å². The predicted molar refractivity (Wildman–Crippen MR) is 108 cm³/mol. The summed E-state index contributed by atoms with van der Waals surface area (Å²) in [5.74, 6) is 0.123. The first-order valence-corrected chi connectivity index (χ1v) is 10.3. The Hall–Kier alpha value is -2.65. The normalized spacial score (nSPS) is 15.0. The Labute approximate surface area is 175 Å². The van der Waals surface area contributed by atoms with Crippen LogP contribution in [0.4, 0.5) is 15.0 Å². The maximum Gasteiger partial charge on any atom is 0.413 e. The van der Waals surface area contributed by atoms with E-state index in [4.69, 9.17) is 11.6 Å². The molecule has 0 atom stereocenters. The van der Waals surface area contributed by atoms with Gasteiger partial charge in [0.2, 0.25) is 0 Å². The molecule has 4 rings (SSSR count). The lowest BCUT2D eigenvalue weighted by atomic mass is 9.66. The van der Waals surface area contributed by atoms with Gasteiger partial charge < -0.3 is 5.11 Å². The fraction of sp³-hybridized carbons (Fsp3) is 0.316. The number of thiazole rings is 1. The minimum atomic E-state index is -1.17. The van der Waals surface area contributed by atoms with Crippen molar-refractivity contribution in [2.45, 2.75) is 30.6 Å². The number of nitrogens with zero attached hydrogens (tertiary/aromatic N) is 5. The highest BCUT2D eigenvalue weighted by molar-refractivity contribution is 7.15. The second-order valence-corrected chi connectivity index (χ2v) is 8.26. The molecule has 29 heavy (non-hydrogen) atoms. The van der Waals surface area contributed by atoms with Gasteiger partial charge in [0.25, 0.3) is 0 Å². The first kappa shape index (κ1) is 19.7. The number of amides is 1. The molecular formula is C19H17ClFN5O2S. The van der Waals surface area contributed by atoms with Crippen LogP contribution in [0.1, 0.15) is 29.8 Å². The molecular weight excluding hydrogens is 417 g/mol. The van der Waals surface area contributed by atoms with Crippen LogP contribution < -0.4 is 4.90 Å². The first-order chi connectivity index (χ1) is 14.0. The van der Waals surface area contributed by atoms with E-state index in [1.165, 1.54) is 29.7 Å². The Balaban J connectivity index is 1.61. The topological polar surface area (TPSA) is 92.1 Å². The minimum Gasteiger partial charge on any atom is -0.465 e. The molecule has 1 aliphatic carbocycles. The number of carboxylic acid groups (broad SMARTS) is 1. The molecule has 0 spiro atoms. The Morgan fingerprint density at radius 2 is 2.10 bits per heavy atom. The van der Waals surface area contributed by atoms with Gasteiger partial charge in [0.1, 0.15) is 16.5 Å². The number of carbonyl (C=O) groups is 1. The second kappa shape index (κ2) is 8.00. The number of rotatable bonds is 6. The molecule has 10 heteroatoms. The zero-order valence-electron chi connectivity index (χ0n) is 15.3. The average molecular weight is 434 g/mol. The van der Waals surface area contributed by atoms with Gasteiger partial charge in [-0.2, -0.15) is 0 Å². The molecule has 1 aliphatic rings. The van der Waals surface area contributed by atoms with Crippen LogP contribution in [0.3, 0.4) is 0 Å². The number of hydrogen-bond acceptors (Lipinski definition) is 6. The fourth-order valence-corrected chi connectivity index (χ4v) is 4.43. The zero-order chi connectivity index (χ0) is 20.4. The third-order valence-electron chi connectivity index (χ3n) is 5.09. The molecule has 1 saturated carbocycles. The summed E-state index contributed by atoms with van der Waals surface area (Å²) in [6.07, 6.45) is 4.25. The van der Waals surface area contributed by atoms with E-state index < -0.39 is 17.3 Å². The van der Waals surface area contributed by atoms with Gasteiger partial charge in [0.15, 0.2) is 5.82 Å². The molecule has 1 N–H and O–H groups in total. The Kier molecular flexibility index (Phi) is 5.42. The van der Waals surface area contributed by atoms with E-state index in [9.17, 15) is 14.3 Å². The van der Waals surface area contributed by atoms with Crippen LogP contribution in [-0.4, -0.2) is 37.9 Å². The maximum absolute atomic E-state index is 14.4. The summed E-state index contributed by atoms with van der Waals surface area (Å²) in [5, 5.41) is 18.6. The smallest absolute Gasteiger partial charge is 0.413 e. The third kappa shape index (κ3) is 3.79. The van der Waals surface area contributed by atoms with Crippen LogP contribution in [0.2, 0.25) is 0 Å². The molecule has 0 saturated heterocycles. The molecule has 0 radical (unpaired) electrons. The van der Waals surface area contributed by atoms with Gasteiger partial charge in [-0.25, -0.2) is 14.2 Å². The number of hydrogen-bond donors (Lipinski definition) is 1. The summed E-state index contributed by atoms with van der Waals surface area (Å²) in [5.41, 5.74) is 0.183. The molecule has 7 nitrogen and oxygen atoms in total. The molecule has 0 unspecified atom stereocenters. The van der Waals surface area contributed by atoms with Crippen molar-refractivity contribution in [3.05, 3.63) is 53.0 Å². The lowest BCUT2D eigenvalue weighted by Gasteiger charge is -2.43. The van der Waals surface area contributed by atoms with E-state index >= 15 is 0 Å². The second-order valence-electron chi connectivity index (χ2n) is 6.88. The van der Waals surface area contributed by atoms with Crippen LogP contribution in [0.5, 0.6) is 0 Å². The molecule has 1 amide bonds. The van der Waals surface area contributed by atoms with E-state index in [0.29, 0.717) is 35.1 Å². The van der Waals surface area contributed by atoms with Crippen molar-refractivity contribution < 1.29 is 14.3 Å². The van der Waals surface area contributed by atoms with E-state index in [-0.39, 0.29) is 12.4 Å². The van der Waals surface area contributed by atoms with E-state index in [1.54, 1.807) is 18.3 Å². The summed E-state index contributed by atoms with van der Waals surface area (Å²) in [4.78, 5) is 22.4. The van der Waals surface area contributed by atoms with Gasteiger partial charge in [0.05, 0.1) is 11.6 Å². The monoisotopic (exact) mass is 433 g/mol. The van der Waals surface area contributed by atoms with Crippen molar-refractivity contribution in [1.82, 2.24) is 20.2 Å². The zero-order valence-corrected chi connectivity index (χ0v) is 16.8. The lowest BCUT2D eigenvalue weighted by molar-refractivity contribution is 0.188. The largest absolute Gasteiger partial charge is 0.465 e. The Morgan fingerprint density at radius 1 is 1.28 bits per heavy atom. The molecule has 3 heterocycles. The Morgan fingerprint density at radius 3 is 2.66 bits per heavy atom. The molecule has 150 valence electrons. The number of aromatic nitrogens is 4. The molecule has 3 aromatic rings. The predicted octanol–water partition coefficient (Wildman–Crippen LogP) is 4.48. The Bertz CT molecular complexity index is 1030. The summed E-state index contributed by atoms with van der Waals surface area (Å²) in [6.45, 7) is 0.0674. The summed E-state index contributed by atoms with van der Waals surface area (Å²) >= 11 is 7.21. The fourth-order valence-electron chi connectivity index (χ4n) is 3.47. The van der Waals surface area contributed by atoms with Crippen molar-refractivity contribution in [2.75, 3.05) is 11.4 Å². The number of alkyl halides is 1. The van der Waals surface area contributed by atoms with Crippen LogP contribution in [0.25, 0.3) is 10.7 Å². The average Bonchev–Trinajstić information content (AvgIpc) is 3.18. The van der Waals surface area contributed by atoms with Crippen LogP contribution in [0.15, 0.2) is 36.7 Å². The molecule has 3 aromatic heterocycles. The van der Waals surface area contributed by atoms with Gasteiger partial charge in [-0.1, -0.05) is 6.42 Å². The first-order valence-electron chi connectivity index (χ1n) is 8.99. The quantitative estimate of drug-likeness (QED) is 0.576. The van der Waals surface area contributed by atoms with Crippen molar-refractivity contribution in [2.24, 2.45) is 0 Å². The standard InChI is InChI=1S/C19H17ClFN5O2S/c20-9-12-10-23-17(29-12)14-4-5-15(25-24-14)26(18(27)28)11-19(6-2-7-19)16-13(21)3-1-8-22-16/h1,3-5,8,10H,2,6-7,9,11H2,(H,27,28). The third-order valence-corrected chi connectivity index (χ3v) is 6.56. The molecule has 1 fully saturated rings. The highest BCUT2D eigenvalue weighted by Crippen LogP contribution is 2.44. The highest BCUT2D eigenvalue weighted by Gasteiger charge is 2.44. The van der Waals surface area contributed by atoms with Gasteiger partial charge in [-0.05, 0) is 37.1 Å². The lowest BCUT2D eigenvalue weighted by Crippen LogP contribution is -2.49. The molecule has 0 bridgehead atoms. The van der Waals surface area contributed by atoms with Crippen molar-refractivity contribution >= 4 is 34.8 Å². The summed E-state index contributed by atoms with van der Waals surface area (Å²) < 4.78 is 14.4. The van der Waals surface area contributed by atoms with Crippen LogP contribution >= 0.6 is 22.9 Å². The van der Waals surface area contributed by atoms with Crippen molar-refractivity contribution in [3.63, 3.8) is 0 Å². The number of halogens is 2. The number of pyridine rings is 1.